The molecule has 1 aliphatic rings. The van der Waals surface area contributed by atoms with Crippen LogP contribution in [0.5, 0.6) is 11.5 Å². The molecule has 2 amide bonds. The minimum absolute atomic E-state index is 0.0479. The number of nitrogens with one attached hydrogen (secondary N) is 1. The van der Waals surface area contributed by atoms with Gasteiger partial charge in [0, 0.05) is 11.1 Å². The summed E-state index contributed by atoms with van der Waals surface area (Å²) in [6, 6.07) is 12.5. The van der Waals surface area contributed by atoms with Crippen molar-refractivity contribution in [1.29, 1.82) is 0 Å². The van der Waals surface area contributed by atoms with Crippen LogP contribution < -0.4 is 19.9 Å². The molecule has 2 aromatic carbocycles. The van der Waals surface area contributed by atoms with Crippen molar-refractivity contribution >= 4 is 23.6 Å². The highest BCUT2D eigenvalue weighted by Crippen LogP contribution is 2.33. The van der Waals surface area contributed by atoms with Crippen LogP contribution in [-0.2, 0) is 9.59 Å². The standard InChI is InChI=1S/C19H18N2O4/c1-12-16(24-2)10-9-13(17(12)25-3)11-15-18(22)20-21(19(15)23)14-7-5-4-6-8-14/h4-11H,1-3H3,(H,20,22)/b15-11+. The van der Waals surface area contributed by atoms with Crippen molar-refractivity contribution in [3.8, 4) is 11.5 Å². The van der Waals surface area contributed by atoms with Gasteiger partial charge in [0.25, 0.3) is 11.8 Å². The minimum atomic E-state index is -0.454. The Kier molecular flexibility index (Phi) is 4.43. The number of amides is 2. The van der Waals surface area contributed by atoms with Crippen molar-refractivity contribution in [2.24, 2.45) is 0 Å². The van der Waals surface area contributed by atoms with Crippen LogP contribution in [0.25, 0.3) is 6.08 Å². The van der Waals surface area contributed by atoms with E-state index in [9.17, 15) is 9.59 Å². The lowest BCUT2D eigenvalue weighted by Gasteiger charge is -2.14. The van der Waals surface area contributed by atoms with Crippen molar-refractivity contribution in [2.45, 2.75) is 6.92 Å². The number of para-hydroxylation sites is 1. The first-order valence-corrected chi connectivity index (χ1v) is 7.70. The predicted octanol–water partition coefficient (Wildman–Crippen LogP) is 2.47. The molecule has 1 saturated heterocycles. The molecule has 1 N–H and O–H groups in total. The lowest BCUT2D eigenvalue weighted by atomic mass is 10.0. The van der Waals surface area contributed by atoms with Gasteiger partial charge in [-0.15, -0.1) is 0 Å². The second-order valence-electron chi connectivity index (χ2n) is 5.49. The maximum Gasteiger partial charge on any atom is 0.282 e. The second kappa shape index (κ2) is 6.68. The molecule has 128 valence electrons. The molecule has 6 heteroatoms. The van der Waals surface area contributed by atoms with Gasteiger partial charge in [-0.05, 0) is 37.3 Å². The molecule has 2 aromatic rings. The molecule has 25 heavy (non-hydrogen) atoms. The molecule has 1 heterocycles. The number of hydrogen-bond donors (Lipinski definition) is 1. The summed E-state index contributed by atoms with van der Waals surface area (Å²) >= 11 is 0. The second-order valence-corrected chi connectivity index (χ2v) is 5.49. The van der Waals surface area contributed by atoms with E-state index in [4.69, 9.17) is 9.47 Å². The van der Waals surface area contributed by atoms with E-state index >= 15 is 0 Å². The number of nitrogens with zero attached hydrogens (tertiary/aromatic N) is 1. The van der Waals surface area contributed by atoms with Gasteiger partial charge >= 0.3 is 0 Å². The topological polar surface area (TPSA) is 67.9 Å². The highest BCUT2D eigenvalue weighted by molar-refractivity contribution is 6.31. The number of methoxy groups -OCH3 is 2. The first kappa shape index (κ1) is 16.6. The van der Waals surface area contributed by atoms with Gasteiger partial charge in [-0.25, -0.2) is 5.01 Å². The van der Waals surface area contributed by atoms with Gasteiger partial charge in [0.05, 0.1) is 19.9 Å². The third-order valence-corrected chi connectivity index (χ3v) is 4.02. The largest absolute Gasteiger partial charge is 0.496 e. The van der Waals surface area contributed by atoms with E-state index in [1.54, 1.807) is 43.5 Å². The van der Waals surface area contributed by atoms with Crippen LogP contribution in [0, 0.1) is 6.92 Å². The van der Waals surface area contributed by atoms with Crippen LogP contribution in [0.15, 0.2) is 48.0 Å². The van der Waals surface area contributed by atoms with Gasteiger partial charge in [0.15, 0.2) is 0 Å². The van der Waals surface area contributed by atoms with Gasteiger partial charge in [0.1, 0.15) is 17.1 Å². The molecule has 1 aliphatic heterocycles. The Balaban J connectivity index is 2.01. The monoisotopic (exact) mass is 338 g/mol. The fourth-order valence-corrected chi connectivity index (χ4v) is 2.77. The Hall–Kier alpha value is -3.28. The van der Waals surface area contributed by atoms with E-state index in [0.717, 1.165) is 5.56 Å². The van der Waals surface area contributed by atoms with Gasteiger partial charge in [0.2, 0.25) is 0 Å². The van der Waals surface area contributed by atoms with E-state index in [0.29, 0.717) is 22.7 Å². The summed E-state index contributed by atoms with van der Waals surface area (Å²) < 4.78 is 10.7. The van der Waals surface area contributed by atoms with Gasteiger partial charge < -0.3 is 9.47 Å². The van der Waals surface area contributed by atoms with Gasteiger partial charge in [-0.2, -0.15) is 0 Å². The van der Waals surface area contributed by atoms with Crippen molar-refractivity contribution in [1.82, 2.24) is 5.43 Å². The molecule has 0 radical (unpaired) electrons. The van der Waals surface area contributed by atoms with Crippen LogP contribution >= 0.6 is 0 Å². The Morgan fingerprint density at radius 3 is 2.36 bits per heavy atom. The van der Waals surface area contributed by atoms with Crippen molar-refractivity contribution in [3.63, 3.8) is 0 Å². The van der Waals surface area contributed by atoms with Crippen LogP contribution in [0.3, 0.4) is 0 Å². The lowest BCUT2D eigenvalue weighted by Crippen LogP contribution is -2.35. The molecule has 0 spiro atoms. The van der Waals surface area contributed by atoms with E-state index in [2.05, 4.69) is 5.43 Å². The van der Waals surface area contributed by atoms with Gasteiger partial charge in [-0.3, -0.25) is 15.0 Å². The number of benzene rings is 2. The Labute approximate surface area is 145 Å². The number of carbonyl (C=O) groups excluding carboxylic acids is 2. The minimum Gasteiger partial charge on any atom is -0.496 e. The first-order chi connectivity index (χ1) is 12.1. The lowest BCUT2D eigenvalue weighted by molar-refractivity contribution is -0.117. The summed E-state index contributed by atoms with van der Waals surface area (Å²) in [5, 5.41) is 1.23. The zero-order chi connectivity index (χ0) is 18.0. The van der Waals surface area contributed by atoms with Crippen molar-refractivity contribution in [3.05, 3.63) is 59.2 Å². The molecule has 0 bridgehead atoms. The normalized spacial score (nSPS) is 15.5. The molecule has 0 atom stereocenters. The maximum atomic E-state index is 12.6. The molecular formula is C19H18N2O4. The summed E-state index contributed by atoms with van der Waals surface area (Å²) in [5.74, 6) is 0.369. The number of anilines is 1. The number of hydrogen-bond acceptors (Lipinski definition) is 4. The first-order valence-electron chi connectivity index (χ1n) is 7.70. The zero-order valence-electron chi connectivity index (χ0n) is 14.2. The summed E-state index contributed by atoms with van der Waals surface area (Å²) in [7, 11) is 3.11. The SMILES string of the molecule is COc1ccc(/C=C2\C(=O)NN(c3ccccc3)C2=O)c(OC)c1C. The highest BCUT2D eigenvalue weighted by atomic mass is 16.5. The molecule has 1 fully saturated rings. The Morgan fingerprint density at radius 1 is 1.00 bits per heavy atom. The number of hydrazine groups is 1. The maximum absolute atomic E-state index is 12.6. The smallest absolute Gasteiger partial charge is 0.282 e. The third kappa shape index (κ3) is 2.94. The summed E-state index contributed by atoms with van der Waals surface area (Å²) in [4.78, 5) is 24.9. The zero-order valence-corrected chi connectivity index (χ0v) is 14.2. The van der Waals surface area contributed by atoms with Crippen LogP contribution in [0.1, 0.15) is 11.1 Å². The number of rotatable bonds is 4. The average molecular weight is 338 g/mol. The van der Waals surface area contributed by atoms with Crippen molar-refractivity contribution < 1.29 is 19.1 Å². The van der Waals surface area contributed by atoms with Crippen LogP contribution in [-0.4, -0.2) is 26.0 Å². The van der Waals surface area contributed by atoms with Crippen LogP contribution in [0.2, 0.25) is 0 Å². The fourth-order valence-electron chi connectivity index (χ4n) is 2.77. The van der Waals surface area contributed by atoms with E-state index in [1.807, 2.05) is 13.0 Å². The van der Waals surface area contributed by atoms with Crippen molar-refractivity contribution in [2.75, 3.05) is 19.2 Å². The number of carbonyl (C=O) groups is 2. The Bertz CT molecular complexity index is 859. The molecule has 6 nitrogen and oxygen atoms in total. The molecule has 0 aliphatic carbocycles. The summed E-state index contributed by atoms with van der Waals surface area (Å²) in [6.45, 7) is 1.85. The quantitative estimate of drug-likeness (QED) is 0.687. The number of ether oxygens (including phenoxy) is 2. The predicted molar refractivity (Wildman–Crippen MR) is 94.3 cm³/mol. The van der Waals surface area contributed by atoms with E-state index in [1.165, 1.54) is 18.2 Å². The Morgan fingerprint density at radius 2 is 1.72 bits per heavy atom. The fraction of sp³-hybridized carbons (Fsp3) is 0.158. The molecule has 0 aromatic heterocycles. The average Bonchev–Trinajstić information content (AvgIpc) is 2.91. The molecular weight excluding hydrogens is 320 g/mol. The van der Waals surface area contributed by atoms with Gasteiger partial charge in [-0.1, -0.05) is 18.2 Å². The molecule has 3 rings (SSSR count). The molecule has 0 unspecified atom stereocenters. The third-order valence-electron chi connectivity index (χ3n) is 4.02. The van der Waals surface area contributed by atoms with E-state index in [-0.39, 0.29) is 5.57 Å². The highest BCUT2D eigenvalue weighted by Gasteiger charge is 2.34. The summed E-state index contributed by atoms with van der Waals surface area (Å²) in [6.07, 6.45) is 1.53. The summed E-state index contributed by atoms with van der Waals surface area (Å²) in [5.41, 5.74) is 4.65. The van der Waals surface area contributed by atoms with Crippen LogP contribution in [0.4, 0.5) is 5.69 Å². The molecule has 0 saturated carbocycles. The van der Waals surface area contributed by atoms with E-state index < -0.39 is 11.8 Å².